The number of amides is 1. The molecule has 2 aromatic carbocycles. The highest BCUT2D eigenvalue weighted by Gasteiger charge is 2.23. The van der Waals surface area contributed by atoms with Crippen molar-refractivity contribution in [1.29, 1.82) is 0 Å². The smallest absolute Gasteiger partial charge is 0.240 e. The third-order valence-corrected chi connectivity index (χ3v) is 8.18. The van der Waals surface area contributed by atoms with Gasteiger partial charge in [-0.1, -0.05) is 31.2 Å². The Labute approximate surface area is 176 Å². The van der Waals surface area contributed by atoms with Crippen LogP contribution in [0.15, 0.2) is 52.3 Å². The van der Waals surface area contributed by atoms with Crippen molar-refractivity contribution in [3.05, 3.63) is 53.6 Å². The maximum absolute atomic E-state index is 12.7. The third kappa shape index (κ3) is 4.66. The molecule has 29 heavy (non-hydrogen) atoms. The highest BCUT2D eigenvalue weighted by molar-refractivity contribution is 7.99. The number of nitrogens with one attached hydrogen (secondary N) is 2. The van der Waals surface area contributed by atoms with Crippen LogP contribution in [-0.4, -0.2) is 44.6 Å². The van der Waals surface area contributed by atoms with Gasteiger partial charge in [0.05, 0.1) is 10.6 Å². The lowest BCUT2D eigenvalue weighted by Gasteiger charge is -2.28. The maximum Gasteiger partial charge on any atom is 0.240 e. The van der Waals surface area contributed by atoms with Crippen LogP contribution < -0.4 is 10.0 Å². The van der Waals surface area contributed by atoms with Gasteiger partial charge in [-0.25, -0.2) is 13.1 Å². The van der Waals surface area contributed by atoms with Gasteiger partial charge in [0.2, 0.25) is 15.9 Å². The number of thioether (sulfide) groups is 1. The minimum atomic E-state index is -3.64. The Morgan fingerprint density at radius 3 is 2.83 bits per heavy atom. The molecular formula is C21H25N3O3S2. The van der Waals surface area contributed by atoms with Gasteiger partial charge < -0.3 is 5.32 Å². The van der Waals surface area contributed by atoms with E-state index in [-0.39, 0.29) is 16.7 Å². The molecule has 0 fully saturated rings. The molecule has 2 aliphatic rings. The Morgan fingerprint density at radius 1 is 1.21 bits per heavy atom. The van der Waals surface area contributed by atoms with Crippen LogP contribution in [0.2, 0.25) is 0 Å². The molecule has 2 N–H and O–H groups in total. The lowest BCUT2D eigenvalue weighted by molar-refractivity contribution is -0.118. The van der Waals surface area contributed by atoms with Crippen molar-refractivity contribution in [2.75, 3.05) is 30.7 Å². The first-order valence-electron chi connectivity index (χ1n) is 9.79. The summed E-state index contributed by atoms with van der Waals surface area (Å²) in [5, 5.41) is 2.84. The van der Waals surface area contributed by atoms with Crippen molar-refractivity contribution < 1.29 is 13.2 Å². The summed E-state index contributed by atoms with van der Waals surface area (Å²) < 4.78 is 28.2. The van der Waals surface area contributed by atoms with Gasteiger partial charge in [-0.05, 0) is 35.7 Å². The Morgan fingerprint density at radius 2 is 2.00 bits per heavy atom. The van der Waals surface area contributed by atoms with E-state index in [4.69, 9.17) is 0 Å². The zero-order valence-electron chi connectivity index (χ0n) is 16.3. The van der Waals surface area contributed by atoms with Gasteiger partial charge in [0.25, 0.3) is 0 Å². The molecule has 2 aromatic rings. The van der Waals surface area contributed by atoms with Gasteiger partial charge >= 0.3 is 0 Å². The molecule has 154 valence electrons. The van der Waals surface area contributed by atoms with Crippen molar-refractivity contribution in [3.8, 4) is 0 Å². The minimum absolute atomic E-state index is 0.0795. The standard InChI is InChI=1S/C21H25N3O3S2/c1-15-14-28-20-7-6-18(12-19(20)23-21(15)25)29(26,27)22-9-11-24-10-8-16-4-2-3-5-17(16)13-24/h2-7,12,15,22H,8-11,13-14H2,1H3,(H,23,25)/t15-/m1/s1. The second-order valence-electron chi connectivity index (χ2n) is 7.55. The molecule has 2 aliphatic heterocycles. The second kappa shape index (κ2) is 8.47. The predicted molar refractivity (Wildman–Crippen MR) is 116 cm³/mol. The molecule has 1 amide bonds. The average molecular weight is 432 g/mol. The van der Waals surface area contributed by atoms with E-state index in [1.54, 1.807) is 30.0 Å². The summed E-state index contributed by atoms with van der Waals surface area (Å²) in [7, 11) is -3.64. The first-order chi connectivity index (χ1) is 13.9. The first-order valence-corrected chi connectivity index (χ1v) is 12.3. The van der Waals surface area contributed by atoms with E-state index in [0.29, 0.717) is 24.5 Å². The normalized spacial score (nSPS) is 19.8. The van der Waals surface area contributed by atoms with Crippen LogP contribution in [0.4, 0.5) is 5.69 Å². The van der Waals surface area contributed by atoms with Crippen LogP contribution in [0.25, 0.3) is 0 Å². The molecule has 0 saturated heterocycles. The fourth-order valence-electron chi connectivity index (χ4n) is 3.61. The lowest BCUT2D eigenvalue weighted by Crippen LogP contribution is -2.37. The number of nitrogens with zero attached hydrogens (tertiary/aromatic N) is 1. The van der Waals surface area contributed by atoms with E-state index >= 15 is 0 Å². The molecular weight excluding hydrogens is 406 g/mol. The zero-order chi connectivity index (χ0) is 20.4. The summed E-state index contributed by atoms with van der Waals surface area (Å²) in [4.78, 5) is 15.4. The number of sulfonamides is 1. The predicted octanol–water partition coefficient (Wildman–Crippen LogP) is 2.70. The fraction of sp³-hybridized carbons (Fsp3) is 0.381. The number of anilines is 1. The topological polar surface area (TPSA) is 78.5 Å². The van der Waals surface area contributed by atoms with Gasteiger partial charge in [0.1, 0.15) is 0 Å². The number of carbonyl (C=O) groups is 1. The van der Waals surface area contributed by atoms with Crippen molar-refractivity contribution in [1.82, 2.24) is 9.62 Å². The largest absolute Gasteiger partial charge is 0.325 e. The first kappa shape index (κ1) is 20.4. The van der Waals surface area contributed by atoms with Gasteiger partial charge in [0, 0.05) is 42.7 Å². The van der Waals surface area contributed by atoms with Crippen molar-refractivity contribution >= 4 is 33.4 Å². The van der Waals surface area contributed by atoms with E-state index in [9.17, 15) is 13.2 Å². The van der Waals surface area contributed by atoms with Crippen LogP contribution in [0, 0.1) is 5.92 Å². The second-order valence-corrected chi connectivity index (χ2v) is 10.4. The lowest BCUT2D eigenvalue weighted by atomic mass is 10.0. The quantitative estimate of drug-likeness (QED) is 0.761. The van der Waals surface area contributed by atoms with Crippen LogP contribution in [0.1, 0.15) is 18.1 Å². The molecule has 1 atom stereocenters. The third-order valence-electron chi connectivity index (χ3n) is 5.39. The van der Waals surface area contributed by atoms with Crippen molar-refractivity contribution in [2.45, 2.75) is 29.7 Å². The number of hydrogen-bond acceptors (Lipinski definition) is 5. The monoisotopic (exact) mass is 431 g/mol. The van der Waals surface area contributed by atoms with Crippen LogP contribution in [-0.2, 0) is 27.8 Å². The molecule has 0 spiro atoms. The number of hydrogen-bond donors (Lipinski definition) is 2. The Balaban J connectivity index is 1.38. The number of rotatable bonds is 5. The van der Waals surface area contributed by atoms with Crippen LogP contribution >= 0.6 is 11.8 Å². The van der Waals surface area contributed by atoms with Gasteiger partial charge in [-0.15, -0.1) is 11.8 Å². The maximum atomic E-state index is 12.7. The fourth-order valence-corrected chi connectivity index (χ4v) is 5.67. The van der Waals surface area contributed by atoms with Crippen LogP contribution in [0.3, 0.4) is 0 Å². The SMILES string of the molecule is C[C@@H]1CSc2ccc(S(=O)(=O)NCCN3CCc4ccccc4C3)cc2NC1=O. The van der Waals surface area contributed by atoms with Gasteiger partial charge in [-0.2, -0.15) is 0 Å². The molecule has 6 nitrogen and oxygen atoms in total. The van der Waals surface area contributed by atoms with Crippen LogP contribution in [0.5, 0.6) is 0 Å². The highest BCUT2D eigenvalue weighted by atomic mass is 32.2. The Hall–Kier alpha value is -1.87. The summed E-state index contributed by atoms with van der Waals surface area (Å²) in [6.07, 6.45) is 0.990. The summed E-state index contributed by atoms with van der Waals surface area (Å²) in [6, 6.07) is 13.3. The average Bonchev–Trinajstić information content (AvgIpc) is 2.85. The Bertz CT molecular complexity index is 1020. The van der Waals surface area contributed by atoms with Gasteiger partial charge in [-0.3, -0.25) is 9.69 Å². The molecule has 0 aromatic heterocycles. The Kier molecular flexibility index (Phi) is 5.96. The highest BCUT2D eigenvalue weighted by Crippen LogP contribution is 2.34. The van der Waals surface area contributed by atoms with Crippen molar-refractivity contribution in [3.63, 3.8) is 0 Å². The molecule has 8 heteroatoms. The number of carbonyl (C=O) groups excluding carboxylic acids is 1. The van der Waals surface area contributed by atoms with E-state index in [2.05, 4.69) is 33.1 Å². The number of benzene rings is 2. The summed E-state index contributed by atoms with van der Waals surface area (Å²) in [5.41, 5.74) is 3.26. The summed E-state index contributed by atoms with van der Waals surface area (Å²) in [6.45, 7) is 4.64. The van der Waals surface area contributed by atoms with Crippen molar-refractivity contribution in [2.24, 2.45) is 5.92 Å². The molecule has 0 aliphatic carbocycles. The molecule has 0 saturated carbocycles. The van der Waals surface area contributed by atoms with E-state index in [1.807, 2.05) is 13.0 Å². The van der Waals surface area contributed by atoms with E-state index < -0.39 is 10.0 Å². The molecule has 0 radical (unpaired) electrons. The van der Waals surface area contributed by atoms with E-state index in [0.717, 1.165) is 24.4 Å². The molecule has 2 heterocycles. The van der Waals surface area contributed by atoms with E-state index in [1.165, 1.54) is 11.1 Å². The summed E-state index contributed by atoms with van der Waals surface area (Å²) in [5.74, 6) is 0.492. The number of fused-ring (bicyclic) bond motifs is 2. The molecule has 0 unspecified atom stereocenters. The van der Waals surface area contributed by atoms with Gasteiger partial charge in [0.15, 0.2) is 0 Å². The minimum Gasteiger partial charge on any atom is -0.325 e. The molecule has 4 rings (SSSR count). The molecule has 0 bridgehead atoms. The summed E-state index contributed by atoms with van der Waals surface area (Å²) >= 11 is 1.57. The zero-order valence-corrected chi connectivity index (χ0v) is 18.0.